The lowest BCUT2D eigenvalue weighted by Crippen LogP contribution is -2.25. The highest BCUT2D eigenvalue weighted by Crippen LogP contribution is 2.21. The zero-order chi connectivity index (χ0) is 13.0. The second kappa shape index (κ2) is 6.33. The van der Waals surface area contributed by atoms with Gasteiger partial charge in [-0.15, -0.1) is 0 Å². The molecule has 0 amide bonds. The number of benzene rings is 1. The number of nitrogens with zero attached hydrogens (tertiary/aromatic N) is 2. The molecule has 1 heterocycles. The topological polar surface area (TPSA) is 29.9 Å². The van der Waals surface area contributed by atoms with Gasteiger partial charge in [-0.1, -0.05) is 19.1 Å². The van der Waals surface area contributed by atoms with Crippen LogP contribution in [0.3, 0.4) is 0 Å². The highest BCUT2D eigenvalue weighted by molar-refractivity contribution is 14.1. The first-order valence-electron chi connectivity index (χ1n) is 6.18. The van der Waals surface area contributed by atoms with Crippen molar-refractivity contribution in [3.05, 3.63) is 51.6 Å². The van der Waals surface area contributed by atoms with Gasteiger partial charge < -0.3 is 9.88 Å². The van der Waals surface area contributed by atoms with Gasteiger partial charge in [0.25, 0.3) is 0 Å². The maximum Gasteiger partial charge on any atom is 0.130 e. The van der Waals surface area contributed by atoms with Gasteiger partial charge in [0.15, 0.2) is 0 Å². The van der Waals surface area contributed by atoms with Crippen LogP contribution in [0.4, 0.5) is 0 Å². The minimum atomic E-state index is 0.166. The van der Waals surface area contributed by atoms with E-state index < -0.39 is 0 Å². The van der Waals surface area contributed by atoms with Gasteiger partial charge in [-0.2, -0.15) is 0 Å². The van der Waals surface area contributed by atoms with Crippen LogP contribution in [0, 0.1) is 3.57 Å². The van der Waals surface area contributed by atoms with Crippen LogP contribution in [0.1, 0.15) is 30.8 Å². The van der Waals surface area contributed by atoms with Crippen LogP contribution < -0.4 is 5.32 Å². The molecular formula is C14H18IN3. The van der Waals surface area contributed by atoms with Crippen molar-refractivity contribution in [2.75, 3.05) is 6.54 Å². The third kappa shape index (κ3) is 3.11. The van der Waals surface area contributed by atoms with Crippen molar-refractivity contribution in [2.24, 2.45) is 7.05 Å². The van der Waals surface area contributed by atoms with Crippen LogP contribution in [-0.2, 0) is 7.05 Å². The molecule has 2 rings (SSSR count). The lowest BCUT2D eigenvalue weighted by molar-refractivity contribution is 0.555. The van der Waals surface area contributed by atoms with Crippen LogP contribution in [0.5, 0.6) is 0 Å². The van der Waals surface area contributed by atoms with Gasteiger partial charge in [0.2, 0.25) is 0 Å². The summed E-state index contributed by atoms with van der Waals surface area (Å²) in [6, 6.07) is 8.74. The van der Waals surface area contributed by atoms with E-state index >= 15 is 0 Å². The molecule has 1 atom stereocenters. The molecule has 18 heavy (non-hydrogen) atoms. The highest BCUT2D eigenvalue weighted by Gasteiger charge is 2.17. The maximum absolute atomic E-state index is 4.47. The smallest absolute Gasteiger partial charge is 0.130 e. The molecule has 3 nitrogen and oxygen atoms in total. The molecular weight excluding hydrogens is 337 g/mol. The molecule has 2 aromatic rings. The van der Waals surface area contributed by atoms with Crippen molar-refractivity contribution in [3.63, 3.8) is 0 Å². The molecule has 4 heteroatoms. The highest BCUT2D eigenvalue weighted by atomic mass is 127. The van der Waals surface area contributed by atoms with E-state index in [4.69, 9.17) is 0 Å². The SMILES string of the molecule is CCCNC(c1cccc(I)c1)c1nccn1C. The van der Waals surface area contributed by atoms with Crippen LogP contribution in [0.15, 0.2) is 36.7 Å². The normalized spacial score (nSPS) is 12.6. The number of rotatable bonds is 5. The molecule has 1 unspecified atom stereocenters. The zero-order valence-corrected chi connectivity index (χ0v) is 12.9. The van der Waals surface area contributed by atoms with Gasteiger partial charge in [-0.05, 0) is 53.3 Å². The quantitative estimate of drug-likeness (QED) is 0.836. The summed E-state index contributed by atoms with van der Waals surface area (Å²) in [5.74, 6) is 1.06. The van der Waals surface area contributed by atoms with Crippen molar-refractivity contribution in [2.45, 2.75) is 19.4 Å². The lowest BCUT2D eigenvalue weighted by Gasteiger charge is -2.19. The summed E-state index contributed by atoms with van der Waals surface area (Å²) in [7, 11) is 2.04. The molecule has 1 aromatic heterocycles. The Kier molecular flexibility index (Phi) is 4.77. The second-order valence-electron chi connectivity index (χ2n) is 4.34. The van der Waals surface area contributed by atoms with Crippen LogP contribution in [0.25, 0.3) is 0 Å². The summed E-state index contributed by atoms with van der Waals surface area (Å²) in [6.45, 7) is 3.17. The Morgan fingerprint density at radius 1 is 1.44 bits per heavy atom. The van der Waals surface area contributed by atoms with E-state index in [-0.39, 0.29) is 6.04 Å². The summed E-state index contributed by atoms with van der Waals surface area (Å²) in [4.78, 5) is 4.47. The predicted molar refractivity (Wildman–Crippen MR) is 82.5 cm³/mol. The molecule has 0 aliphatic heterocycles. The molecule has 0 aliphatic rings. The fraction of sp³-hybridized carbons (Fsp3) is 0.357. The Bertz CT molecular complexity index is 507. The van der Waals surface area contributed by atoms with Gasteiger partial charge in [0, 0.05) is 23.0 Å². The van der Waals surface area contributed by atoms with E-state index in [1.54, 1.807) is 0 Å². The summed E-state index contributed by atoms with van der Waals surface area (Å²) in [6.07, 6.45) is 4.96. The molecule has 0 radical (unpaired) electrons. The first-order chi connectivity index (χ1) is 8.72. The Labute approximate surface area is 122 Å². The number of nitrogens with one attached hydrogen (secondary N) is 1. The number of aryl methyl sites for hydroxylation is 1. The third-order valence-corrected chi connectivity index (χ3v) is 3.57. The average Bonchev–Trinajstić information content (AvgIpc) is 2.77. The molecule has 0 spiro atoms. The molecule has 0 saturated heterocycles. The Morgan fingerprint density at radius 3 is 2.89 bits per heavy atom. The van der Waals surface area contributed by atoms with Crippen molar-refractivity contribution in [3.8, 4) is 0 Å². The van der Waals surface area contributed by atoms with Gasteiger partial charge in [0.1, 0.15) is 5.82 Å². The largest absolute Gasteiger partial charge is 0.336 e. The third-order valence-electron chi connectivity index (χ3n) is 2.90. The Balaban J connectivity index is 2.33. The fourth-order valence-corrected chi connectivity index (χ4v) is 2.56. The minimum Gasteiger partial charge on any atom is -0.336 e. The molecule has 0 bridgehead atoms. The number of hydrogen-bond acceptors (Lipinski definition) is 2. The Morgan fingerprint density at radius 2 is 2.28 bits per heavy atom. The summed E-state index contributed by atoms with van der Waals surface area (Å²) >= 11 is 2.35. The zero-order valence-electron chi connectivity index (χ0n) is 10.7. The first-order valence-corrected chi connectivity index (χ1v) is 7.26. The average molecular weight is 355 g/mol. The minimum absolute atomic E-state index is 0.166. The summed E-state index contributed by atoms with van der Waals surface area (Å²) in [5, 5.41) is 3.57. The summed E-state index contributed by atoms with van der Waals surface area (Å²) in [5.41, 5.74) is 1.27. The number of imidazole rings is 1. The van der Waals surface area contributed by atoms with Gasteiger partial charge in [-0.25, -0.2) is 4.98 Å². The van der Waals surface area contributed by atoms with E-state index in [1.807, 2.05) is 19.4 Å². The van der Waals surface area contributed by atoms with Crippen molar-refractivity contribution >= 4 is 22.6 Å². The molecule has 1 aromatic carbocycles. The molecule has 96 valence electrons. The predicted octanol–water partition coefficient (Wildman–Crippen LogP) is 3.11. The van der Waals surface area contributed by atoms with Crippen LogP contribution >= 0.6 is 22.6 Å². The van der Waals surface area contributed by atoms with Gasteiger partial charge in [0.05, 0.1) is 6.04 Å². The molecule has 0 fully saturated rings. The molecule has 0 saturated carbocycles. The Hall–Kier alpha value is -0.880. The van der Waals surface area contributed by atoms with Crippen LogP contribution in [0.2, 0.25) is 0 Å². The lowest BCUT2D eigenvalue weighted by atomic mass is 10.1. The van der Waals surface area contributed by atoms with E-state index in [9.17, 15) is 0 Å². The van der Waals surface area contributed by atoms with E-state index in [0.29, 0.717) is 0 Å². The standard InChI is InChI=1S/C14H18IN3/c1-3-7-16-13(14-17-8-9-18(14)2)11-5-4-6-12(15)10-11/h4-6,8-10,13,16H,3,7H2,1-2H3. The van der Waals surface area contributed by atoms with Crippen molar-refractivity contribution in [1.82, 2.24) is 14.9 Å². The van der Waals surface area contributed by atoms with E-state index in [1.165, 1.54) is 9.13 Å². The maximum atomic E-state index is 4.47. The van der Waals surface area contributed by atoms with Crippen LogP contribution in [-0.4, -0.2) is 16.1 Å². The number of aromatic nitrogens is 2. The molecule has 0 aliphatic carbocycles. The van der Waals surface area contributed by atoms with Gasteiger partial charge in [-0.3, -0.25) is 0 Å². The first kappa shape index (κ1) is 13.5. The fourth-order valence-electron chi connectivity index (χ4n) is 1.99. The van der Waals surface area contributed by atoms with E-state index in [0.717, 1.165) is 18.8 Å². The van der Waals surface area contributed by atoms with Crippen molar-refractivity contribution < 1.29 is 0 Å². The second-order valence-corrected chi connectivity index (χ2v) is 5.58. The van der Waals surface area contributed by atoms with Gasteiger partial charge >= 0.3 is 0 Å². The monoisotopic (exact) mass is 355 g/mol. The summed E-state index contributed by atoms with van der Waals surface area (Å²) < 4.78 is 3.33. The number of hydrogen-bond donors (Lipinski definition) is 1. The number of halogens is 1. The molecule has 1 N–H and O–H groups in total. The van der Waals surface area contributed by atoms with Crippen molar-refractivity contribution in [1.29, 1.82) is 0 Å². The van der Waals surface area contributed by atoms with E-state index in [2.05, 4.69) is 68.6 Å².